The van der Waals surface area contributed by atoms with Crippen molar-refractivity contribution >= 4 is 17.9 Å². The van der Waals surface area contributed by atoms with Gasteiger partial charge in [0.25, 0.3) is 0 Å². The van der Waals surface area contributed by atoms with Crippen LogP contribution in [0, 0.1) is 0 Å². The second-order valence-electron chi connectivity index (χ2n) is 23.1. The van der Waals surface area contributed by atoms with Crippen molar-refractivity contribution in [2.45, 2.75) is 361 Å². The minimum atomic E-state index is -0.773. The Morgan fingerprint density at radius 2 is 0.494 bits per heavy atom. The highest BCUT2D eigenvalue weighted by molar-refractivity contribution is 5.71. The van der Waals surface area contributed by atoms with Crippen LogP contribution in [0.1, 0.15) is 355 Å². The number of hydrogen-bond acceptors (Lipinski definition) is 6. The van der Waals surface area contributed by atoms with Crippen molar-refractivity contribution < 1.29 is 28.6 Å². The van der Waals surface area contributed by atoms with Crippen LogP contribution in [0.5, 0.6) is 0 Å². The lowest BCUT2D eigenvalue weighted by Crippen LogP contribution is -2.30. The Hall–Kier alpha value is -3.15. The highest BCUT2D eigenvalue weighted by atomic mass is 16.6. The molecule has 0 fully saturated rings. The van der Waals surface area contributed by atoms with Gasteiger partial charge in [0.2, 0.25) is 0 Å². The van der Waals surface area contributed by atoms with Gasteiger partial charge in [0.15, 0.2) is 6.10 Å². The number of rotatable bonds is 63. The molecule has 0 rings (SSSR count). The zero-order valence-corrected chi connectivity index (χ0v) is 52.6. The van der Waals surface area contributed by atoms with Crippen LogP contribution < -0.4 is 0 Å². The summed E-state index contributed by atoms with van der Waals surface area (Å²) in [5.41, 5.74) is 0. The van der Waals surface area contributed by atoms with Gasteiger partial charge in [-0.05, 0) is 70.6 Å². The van der Waals surface area contributed by atoms with Gasteiger partial charge < -0.3 is 14.2 Å². The van der Waals surface area contributed by atoms with E-state index in [1.807, 2.05) is 0 Å². The summed E-state index contributed by atoms with van der Waals surface area (Å²) >= 11 is 0. The summed E-state index contributed by atoms with van der Waals surface area (Å²) < 4.78 is 16.8. The van der Waals surface area contributed by atoms with Crippen LogP contribution in [0.3, 0.4) is 0 Å². The van der Waals surface area contributed by atoms with E-state index in [4.69, 9.17) is 14.2 Å². The van der Waals surface area contributed by atoms with Crippen molar-refractivity contribution in [3.05, 3.63) is 72.9 Å². The van der Waals surface area contributed by atoms with Crippen LogP contribution in [0.25, 0.3) is 0 Å². The Bertz CT molecular complexity index is 1450. The maximum atomic E-state index is 12.9. The Balaban J connectivity index is 4.04. The molecule has 0 saturated carbocycles. The number of unbranched alkanes of at least 4 members (excludes halogenated alkanes) is 40. The fourth-order valence-corrected chi connectivity index (χ4v) is 10.1. The van der Waals surface area contributed by atoms with E-state index in [9.17, 15) is 14.4 Å². The lowest BCUT2D eigenvalue weighted by molar-refractivity contribution is -0.167. The first-order valence-corrected chi connectivity index (χ1v) is 34.4. The monoisotopic (exact) mass is 1100 g/mol. The van der Waals surface area contributed by atoms with Crippen molar-refractivity contribution in [2.75, 3.05) is 13.2 Å². The molecule has 0 aliphatic heterocycles. The van der Waals surface area contributed by atoms with Crippen LogP contribution in [0.2, 0.25) is 0 Å². The van der Waals surface area contributed by atoms with E-state index >= 15 is 0 Å². The minimum absolute atomic E-state index is 0.0727. The van der Waals surface area contributed by atoms with Crippen LogP contribution >= 0.6 is 0 Å². The van der Waals surface area contributed by atoms with Crippen LogP contribution in [-0.4, -0.2) is 37.2 Å². The van der Waals surface area contributed by atoms with E-state index in [2.05, 4.69) is 93.7 Å². The normalized spacial score (nSPS) is 12.5. The smallest absolute Gasteiger partial charge is 0.306 e. The summed E-state index contributed by atoms with van der Waals surface area (Å²) in [7, 11) is 0. The van der Waals surface area contributed by atoms with Gasteiger partial charge in [-0.15, -0.1) is 0 Å². The van der Waals surface area contributed by atoms with E-state index in [-0.39, 0.29) is 31.1 Å². The Kier molecular flexibility index (Phi) is 64.7. The molecule has 0 amide bonds. The van der Waals surface area contributed by atoms with Crippen molar-refractivity contribution in [1.82, 2.24) is 0 Å². The van der Waals surface area contributed by atoms with E-state index in [0.717, 1.165) is 96.3 Å². The van der Waals surface area contributed by atoms with Gasteiger partial charge in [-0.1, -0.05) is 338 Å². The van der Waals surface area contributed by atoms with Gasteiger partial charge in [0.05, 0.1) is 0 Å². The second-order valence-corrected chi connectivity index (χ2v) is 23.1. The number of hydrogen-bond donors (Lipinski definition) is 0. The molecule has 458 valence electrons. The standard InChI is InChI=1S/C73H130O6/c1-4-7-10-13-16-18-20-22-24-26-28-30-32-34-36-37-38-40-41-43-45-47-49-51-53-55-57-60-63-66-72(75)78-69-70(68-77-71(74)65-62-59-15-12-9-6-3)79-73(76)67-64-61-58-56-54-52-50-48-46-44-42-39-35-33-31-29-27-25-23-21-19-17-14-11-8-5-2/h7,10,16,18,22,24,28,30,34,36,38,40,70H,4-6,8-9,11-15,17,19-21,23,25-27,29,31-33,35,37,39,41-69H2,1-3H3/b10-7-,18-16-,24-22-,30-28-,36-34-,40-38-. The average Bonchev–Trinajstić information content (AvgIpc) is 3.45. The topological polar surface area (TPSA) is 78.9 Å². The van der Waals surface area contributed by atoms with Gasteiger partial charge >= 0.3 is 17.9 Å². The van der Waals surface area contributed by atoms with E-state index in [0.29, 0.717) is 19.3 Å². The summed E-state index contributed by atoms with van der Waals surface area (Å²) in [5.74, 6) is -0.868. The average molecular weight is 1100 g/mol. The molecule has 6 nitrogen and oxygen atoms in total. The lowest BCUT2D eigenvalue weighted by atomic mass is 10.0. The number of ether oxygens (including phenoxy) is 3. The van der Waals surface area contributed by atoms with Gasteiger partial charge in [-0.25, -0.2) is 0 Å². The van der Waals surface area contributed by atoms with Crippen LogP contribution in [0.4, 0.5) is 0 Å². The first kappa shape index (κ1) is 75.8. The molecule has 0 aromatic heterocycles. The molecule has 0 spiro atoms. The molecule has 0 heterocycles. The second kappa shape index (κ2) is 67.4. The van der Waals surface area contributed by atoms with Crippen molar-refractivity contribution in [3.63, 3.8) is 0 Å². The quantitative estimate of drug-likeness (QED) is 0.0261. The summed E-state index contributed by atoms with van der Waals surface area (Å²) in [6.45, 7) is 6.51. The van der Waals surface area contributed by atoms with Crippen molar-refractivity contribution in [1.29, 1.82) is 0 Å². The molecule has 6 heteroatoms. The highest BCUT2D eigenvalue weighted by Crippen LogP contribution is 2.18. The fraction of sp³-hybridized carbons (Fsp3) is 0.795. The molecule has 0 bridgehead atoms. The van der Waals surface area contributed by atoms with Crippen LogP contribution in [-0.2, 0) is 28.6 Å². The number of allylic oxidation sites excluding steroid dienone is 12. The SMILES string of the molecule is CC/C=C\C/C=C\C/C=C\C/C=C\C/C=C\C/C=C\CCCCCCCCCCCCC(=O)OCC(COC(=O)CCCCCCCC)OC(=O)CCCCCCCCCCCCCCCCCCCCCCCCCCCC. The highest BCUT2D eigenvalue weighted by Gasteiger charge is 2.19. The third kappa shape index (κ3) is 65.5. The van der Waals surface area contributed by atoms with Gasteiger partial charge in [-0.3, -0.25) is 14.4 Å². The maximum Gasteiger partial charge on any atom is 0.306 e. The minimum Gasteiger partial charge on any atom is -0.462 e. The van der Waals surface area contributed by atoms with E-state index in [1.165, 1.54) is 218 Å². The molecule has 79 heavy (non-hydrogen) atoms. The van der Waals surface area contributed by atoms with Crippen LogP contribution in [0.15, 0.2) is 72.9 Å². The zero-order valence-electron chi connectivity index (χ0n) is 52.6. The molecule has 0 radical (unpaired) electrons. The molecule has 0 aliphatic carbocycles. The predicted molar refractivity (Wildman–Crippen MR) is 344 cm³/mol. The number of carbonyl (C=O) groups is 3. The molecular weight excluding hydrogens is 973 g/mol. The third-order valence-corrected chi connectivity index (χ3v) is 15.2. The Labute approximate surface area is 491 Å². The maximum absolute atomic E-state index is 12.9. The molecule has 0 saturated heterocycles. The summed E-state index contributed by atoms with van der Waals surface area (Å²) in [6.07, 6.45) is 88.2. The number of carbonyl (C=O) groups excluding carboxylic acids is 3. The molecule has 0 aromatic carbocycles. The molecule has 0 aliphatic rings. The number of esters is 3. The lowest BCUT2D eigenvalue weighted by Gasteiger charge is -2.18. The largest absolute Gasteiger partial charge is 0.462 e. The molecule has 1 unspecified atom stereocenters. The predicted octanol–water partition coefficient (Wildman–Crippen LogP) is 23.7. The van der Waals surface area contributed by atoms with Crippen molar-refractivity contribution in [3.8, 4) is 0 Å². The van der Waals surface area contributed by atoms with E-state index in [1.54, 1.807) is 0 Å². The van der Waals surface area contributed by atoms with Gasteiger partial charge in [0.1, 0.15) is 13.2 Å². The Morgan fingerprint density at radius 3 is 0.772 bits per heavy atom. The first-order valence-electron chi connectivity index (χ1n) is 34.4. The molecular formula is C73H130O6. The molecule has 1 atom stereocenters. The molecule has 0 aromatic rings. The summed E-state index contributed by atoms with van der Waals surface area (Å²) in [5, 5.41) is 0. The third-order valence-electron chi connectivity index (χ3n) is 15.2. The van der Waals surface area contributed by atoms with Gasteiger partial charge in [-0.2, -0.15) is 0 Å². The Morgan fingerprint density at radius 1 is 0.266 bits per heavy atom. The van der Waals surface area contributed by atoms with E-state index < -0.39 is 6.10 Å². The molecule has 0 N–H and O–H groups in total. The summed E-state index contributed by atoms with van der Waals surface area (Å²) in [6, 6.07) is 0. The first-order chi connectivity index (χ1) is 39.0. The fourth-order valence-electron chi connectivity index (χ4n) is 10.1. The zero-order chi connectivity index (χ0) is 57.1. The van der Waals surface area contributed by atoms with Crippen molar-refractivity contribution in [2.24, 2.45) is 0 Å². The summed E-state index contributed by atoms with van der Waals surface area (Å²) in [4.78, 5) is 38.1. The van der Waals surface area contributed by atoms with Gasteiger partial charge in [0, 0.05) is 19.3 Å².